The fourth-order valence-corrected chi connectivity index (χ4v) is 10.7. The number of amides is 4. The zero-order valence-electron chi connectivity index (χ0n) is 37.2. The predicted molar refractivity (Wildman–Crippen MR) is 250 cm³/mol. The van der Waals surface area contributed by atoms with E-state index in [4.69, 9.17) is 19.4 Å². The molecule has 0 saturated carbocycles. The van der Waals surface area contributed by atoms with Crippen LogP contribution in [0.25, 0.3) is 64.5 Å². The first kappa shape index (κ1) is 42.8. The lowest BCUT2D eigenvalue weighted by Crippen LogP contribution is -2.51. The molecule has 15 heteroatoms. The van der Waals surface area contributed by atoms with E-state index in [1.54, 1.807) is 11.3 Å². The van der Waals surface area contributed by atoms with Gasteiger partial charge in [0.05, 0.1) is 48.4 Å². The second-order valence-corrected chi connectivity index (χ2v) is 18.8. The average molecular weight is 883 g/mol. The van der Waals surface area contributed by atoms with Crippen molar-refractivity contribution in [2.45, 2.75) is 84.5 Å². The molecule has 4 N–H and O–H groups in total. The molecule has 14 nitrogen and oxygen atoms in total. The first-order valence-electron chi connectivity index (χ1n) is 22.1. The molecule has 4 aromatic carbocycles. The Balaban J connectivity index is 0.959. The Labute approximate surface area is 375 Å². The number of fused-ring (bicyclic) bond motifs is 5. The molecule has 0 radical (unpaired) electrons. The molecule has 0 bridgehead atoms. The molecule has 64 heavy (non-hydrogen) atoms. The minimum absolute atomic E-state index is 0.109. The van der Waals surface area contributed by atoms with Gasteiger partial charge >= 0.3 is 12.2 Å². The van der Waals surface area contributed by atoms with E-state index < -0.39 is 24.3 Å². The minimum atomic E-state index is -0.696. The Morgan fingerprint density at radius 1 is 0.688 bits per heavy atom. The summed E-state index contributed by atoms with van der Waals surface area (Å²) in [5.41, 5.74) is 8.07. The van der Waals surface area contributed by atoms with Crippen molar-refractivity contribution in [2.75, 3.05) is 27.3 Å². The molecule has 2 saturated heterocycles. The summed E-state index contributed by atoms with van der Waals surface area (Å²) in [6, 6.07) is 21.8. The number of ether oxygens (including phenoxy) is 2. The highest BCUT2D eigenvalue weighted by Gasteiger charge is 2.39. The third kappa shape index (κ3) is 7.79. The largest absolute Gasteiger partial charge is 0.453 e. The molecule has 332 valence electrons. The summed E-state index contributed by atoms with van der Waals surface area (Å²) in [4.78, 5) is 73.6. The highest BCUT2D eigenvalue weighted by atomic mass is 32.1. The topological polar surface area (TPSA) is 175 Å². The van der Waals surface area contributed by atoms with Crippen LogP contribution in [0.1, 0.15) is 82.7 Å². The Morgan fingerprint density at radius 3 is 1.88 bits per heavy atom. The fraction of sp³-hybridized carbons (Fsp3) is 0.388. The van der Waals surface area contributed by atoms with Crippen LogP contribution in [0.4, 0.5) is 9.59 Å². The maximum Gasteiger partial charge on any atom is 0.407 e. The standard InChI is InChI=1S/C49H54N8O6S/c1-25(2)40(54-48(60)62-6)46(58)56-20-8-10-37(56)44-50-34-17-14-31(24-36(34)52-44)43-27(5)33-23-29(15-19-39(33)64-43)28-12-16-32-30(22-28)13-18-35-42(32)53-45(51-35)38-11-9-21-57(38)47(59)41(26(3)4)55-49(61)63-7/h12-19,22-26,37-38,40-41H,8-11,20-21H2,1-7H3,(H,50,52)(H,51,53)(H,54,60)(H,55,61)/t37-,38-,40-,41-/m0/s1. The lowest BCUT2D eigenvalue weighted by molar-refractivity contribution is -0.136. The monoisotopic (exact) mass is 882 g/mol. The van der Waals surface area contributed by atoms with Gasteiger partial charge in [-0.1, -0.05) is 58.0 Å². The number of methoxy groups -OCH3 is 2. The molecule has 7 aromatic rings. The summed E-state index contributed by atoms with van der Waals surface area (Å²) in [5, 5.41) is 8.79. The fourth-order valence-electron chi connectivity index (χ4n) is 9.56. The molecule has 0 spiro atoms. The summed E-state index contributed by atoms with van der Waals surface area (Å²) in [6.45, 7) is 11.0. The van der Waals surface area contributed by atoms with Gasteiger partial charge in [0.25, 0.3) is 0 Å². The average Bonchev–Trinajstić information content (AvgIpc) is 4.15. The quantitative estimate of drug-likeness (QED) is 0.105. The van der Waals surface area contributed by atoms with Gasteiger partial charge in [-0.05, 0) is 114 Å². The van der Waals surface area contributed by atoms with Gasteiger partial charge in [-0.3, -0.25) is 9.59 Å². The second-order valence-electron chi connectivity index (χ2n) is 17.7. The van der Waals surface area contributed by atoms with Crippen LogP contribution in [-0.4, -0.2) is 93.1 Å². The van der Waals surface area contributed by atoms with Crippen molar-refractivity contribution in [1.82, 2.24) is 40.4 Å². The van der Waals surface area contributed by atoms with Crippen molar-refractivity contribution in [3.8, 4) is 21.6 Å². The summed E-state index contributed by atoms with van der Waals surface area (Å²) in [7, 11) is 2.60. The Bertz CT molecular complexity index is 2950. The predicted octanol–water partition coefficient (Wildman–Crippen LogP) is 9.54. The number of carbonyl (C=O) groups excluding carboxylic acids is 4. The SMILES string of the molecule is COC(=O)N[C@H](C(=O)N1CCC[C@H]1c1nc2ccc(-c3sc4ccc(-c5ccc6c(ccc7nc([C@@H]8CCCN8C(=O)[C@@H](NC(=O)OC)C(C)C)[nH]c76)c5)cc4c3C)cc2[nH]1)C(C)C. The van der Waals surface area contributed by atoms with E-state index >= 15 is 0 Å². The first-order valence-corrected chi connectivity index (χ1v) is 22.9. The number of imidazole rings is 2. The van der Waals surface area contributed by atoms with E-state index in [0.29, 0.717) is 13.1 Å². The Kier molecular flexibility index (Phi) is 11.5. The smallest absolute Gasteiger partial charge is 0.407 e. The van der Waals surface area contributed by atoms with Crippen LogP contribution in [0.5, 0.6) is 0 Å². The van der Waals surface area contributed by atoms with Crippen molar-refractivity contribution in [3.63, 3.8) is 0 Å². The van der Waals surface area contributed by atoms with Crippen molar-refractivity contribution < 1.29 is 28.7 Å². The van der Waals surface area contributed by atoms with Gasteiger partial charge in [0.1, 0.15) is 23.7 Å². The van der Waals surface area contributed by atoms with Crippen molar-refractivity contribution in [3.05, 3.63) is 83.9 Å². The third-order valence-corrected chi connectivity index (χ3v) is 14.3. The van der Waals surface area contributed by atoms with Crippen LogP contribution in [0.2, 0.25) is 0 Å². The Morgan fingerprint density at radius 2 is 1.25 bits per heavy atom. The number of likely N-dealkylation sites (tertiary alicyclic amines) is 2. The normalized spacial score (nSPS) is 17.6. The van der Waals surface area contributed by atoms with Crippen LogP contribution >= 0.6 is 11.3 Å². The van der Waals surface area contributed by atoms with Crippen molar-refractivity contribution in [2.24, 2.45) is 11.8 Å². The summed E-state index contributed by atoms with van der Waals surface area (Å²) in [5.74, 6) is 1.01. The molecule has 2 fully saturated rings. The molecule has 0 aliphatic carbocycles. The van der Waals surface area contributed by atoms with Crippen LogP contribution in [-0.2, 0) is 19.1 Å². The van der Waals surface area contributed by atoms with Gasteiger partial charge in [-0.25, -0.2) is 19.6 Å². The van der Waals surface area contributed by atoms with Gasteiger partial charge in [0, 0.05) is 28.1 Å². The van der Waals surface area contributed by atoms with E-state index in [0.717, 1.165) is 86.9 Å². The lowest BCUT2D eigenvalue weighted by Gasteiger charge is -2.29. The number of nitrogens with one attached hydrogen (secondary N) is 4. The second kappa shape index (κ2) is 17.2. The molecule has 3 aromatic heterocycles. The number of benzene rings is 4. The number of rotatable bonds is 10. The number of aromatic nitrogens is 4. The number of nitrogens with zero attached hydrogens (tertiary/aromatic N) is 4. The number of H-pyrrole nitrogens is 2. The number of thiophene rings is 1. The number of alkyl carbamates (subject to hydrolysis) is 2. The maximum absolute atomic E-state index is 13.8. The van der Waals surface area contributed by atoms with E-state index in [9.17, 15) is 19.2 Å². The highest BCUT2D eigenvalue weighted by molar-refractivity contribution is 7.22. The highest BCUT2D eigenvalue weighted by Crippen LogP contribution is 2.42. The first-order chi connectivity index (χ1) is 30.8. The van der Waals surface area contributed by atoms with E-state index in [1.807, 2.05) is 49.6 Å². The van der Waals surface area contributed by atoms with E-state index in [2.05, 4.69) is 82.1 Å². The molecular formula is C49H54N8O6S. The minimum Gasteiger partial charge on any atom is -0.453 e. The number of hydrogen-bond donors (Lipinski definition) is 4. The zero-order valence-corrected chi connectivity index (χ0v) is 38.0. The molecule has 4 amide bonds. The molecule has 9 rings (SSSR count). The number of aryl methyl sites for hydroxylation is 1. The molecule has 2 aliphatic rings. The van der Waals surface area contributed by atoms with E-state index in [1.165, 1.54) is 34.7 Å². The van der Waals surface area contributed by atoms with Crippen LogP contribution in [0.15, 0.2) is 66.7 Å². The molecule has 5 heterocycles. The van der Waals surface area contributed by atoms with E-state index in [-0.39, 0.29) is 35.7 Å². The van der Waals surface area contributed by atoms with Gasteiger partial charge in [-0.2, -0.15) is 0 Å². The van der Waals surface area contributed by atoms with Gasteiger partial charge in [0.2, 0.25) is 11.8 Å². The van der Waals surface area contributed by atoms with Crippen LogP contribution < -0.4 is 10.6 Å². The van der Waals surface area contributed by atoms with Crippen molar-refractivity contribution >= 4 is 78.3 Å². The van der Waals surface area contributed by atoms with Crippen LogP contribution in [0, 0.1) is 18.8 Å². The zero-order chi connectivity index (χ0) is 45.0. The van der Waals surface area contributed by atoms with Gasteiger partial charge in [0.15, 0.2) is 0 Å². The number of hydrogen-bond acceptors (Lipinski definition) is 9. The van der Waals surface area contributed by atoms with Crippen LogP contribution in [0.3, 0.4) is 0 Å². The van der Waals surface area contributed by atoms with Crippen molar-refractivity contribution in [1.29, 1.82) is 0 Å². The summed E-state index contributed by atoms with van der Waals surface area (Å²) in [6.07, 6.45) is 2.02. The third-order valence-electron chi connectivity index (χ3n) is 13.0. The summed E-state index contributed by atoms with van der Waals surface area (Å²) < 4.78 is 10.8. The summed E-state index contributed by atoms with van der Waals surface area (Å²) >= 11 is 1.77. The maximum atomic E-state index is 13.8. The van der Waals surface area contributed by atoms with Gasteiger partial charge in [-0.15, -0.1) is 11.3 Å². The molecule has 4 atom stereocenters. The molecular weight excluding hydrogens is 829 g/mol. The Hall–Kier alpha value is -6.48. The number of carbonyl (C=O) groups is 4. The molecule has 0 unspecified atom stereocenters. The number of aromatic amines is 2. The molecule has 2 aliphatic heterocycles. The lowest BCUT2D eigenvalue weighted by atomic mass is 9.98. The van der Waals surface area contributed by atoms with Gasteiger partial charge < -0.3 is 39.9 Å².